The third-order valence-corrected chi connectivity index (χ3v) is 6.62. The minimum absolute atomic E-state index is 0.322. The topological polar surface area (TPSA) is 35.5 Å². The van der Waals surface area contributed by atoms with Crippen LogP contribution in [0.5, 0.6) is 0 Å². The monoisotopic (exact) mass is 294 g/mol. The molecule has 2 saturated carbocycles. The number of nitrogens with zero attached hydrogens (tertiary/aromatic N) is 1. The van der Waals surface area contributed by atoms with Crippen LogP contribution in [0.25, 0.3) is 0 Å². The van der Waals surface area contributed by atoms with Crippen LogP contribution in [0.4, 0.5) is 0 Å². The summed E-state index contributed by atoms with van der Waals surface area (Å²) in [4.78, 5) is 2.66. The molecule has 0 radical (unpaired) electrons. The molecule has 3 aliphatic rings. The fourth-order valence-electron chi connectivity index (χ4n) is 5.22. The largest absolute Gasteiger partial charge is 0.390 e. The van der Waals surface area contributed by atoms with Gasteiger partial charge in [0, 0.05) is 31.6 Å². The van der Waals surface area contributed by atoms with Gasteiger partial charge in [-0.2, -0.15) is 0 Å². The number of fused-ring (bicyclic) bond motifs is 1. The molecule has 0 amide bonds. The number of rotatable bonds is 3. The van der Waals surface area contributed by atoms with Crippen LogP contribution in [-0.4, -0.2) is 48.3 Å². The fraction of sp³-hybridized carbons (Fsp3) is 1.00. The van der Waals surface area contributed by atoms with E-state index in [1.165, 1.54) is 45.1 Å². The van der Waals surface area contributed by atoms with Crippen LogP contribution in [0.1, 0.15) is 58.3 Å². The lowest BCUT2D eigenvalue weighted by atomic mass is 9.71. The summed E-state index contributed by atoms with van der Waals surface area (Å²) in [6, 6.07) is 0.702. The molecule has 1 aliphatic heterocycles. The molecule has 2 N–H and O–H groups in total. The second kappa shape index (κ2) is 6.55. The number of piperidine rings is 1. The highest BCUT2D eigenvalue weighted by Gasteiger charge is 2.43. The van der Waals surface area contributed by atoms with Crippen molar-refractivity contribution in [1.82, 2.24) is 10.2 Å². The molecule has 0 bridgehead atoms. The van der Waals surface area contributed by atoms with E-state index in [9.17, 15) is 5.11 Å². The van der Waals surface area contributed by atoms with E-state index in [-0.39, 0.29) is 5.60 Å². The lowest BCUT2D eigenvalue weighted by Crippen LogP contribution is -2.55. The number of nitrogens with one attached hydrogen (secondary N) is 1. The third kappa shape index (κ3) is 3.46. The van der Waals surface area contributed by atoms with Crippen molar-refractivity contribution in [1.29, 1.82) is 0 Å². The molecule has 2 aliphatic carbocycles. The van der Waals surface area contributed by atoms with Gasteiger partial charge in [-0.15, -0.1) is 0 Å². The molecular weight excluding hydrogens is 260 g/mol. The fourth-order valence-corrected chi connectivity index (χ4v) is 5.22. The van der Waals surface area contributed by atoms with E-state index < -0.39 is 0 Å². The van der Waals surface area contributed by atoms with Gasteiger partial charge >= 0.3 is 0 Å². The maximum absolute atomic E-state index is 10.8. The SMILES string of the molecule is CNC1CCC(C)CC1CN1CCC2(O)CCCCC2C1. The Balaban J connectivity index is 1.58. The molecule has 0 aromatic rings. The van der Waals surface area contributed by atoms with Gasteiger partial charge in [0.2, 0.25) is 0 Å². The van der Waals surface area contributed by atoms with Gasteiger partial charge in [0.1, 0.15) is 0 Å². The minimum atomic E-state index is -0.322. The van der Waals surface area contributed by atoms with Crippen molar-refractivity contribution in [2.45, 2.75) is 69.9 Å². The van der Waals surface area contributed by atoms with E-state index in [0.717, 1.165) is 37.8 Å². The summed E-state index contributed by atoms with van der Waals surface area (Å²) in [6.45, 7) is 5.89. The second-order valence-corrected chi connectivity index (χ2v) is 8.13. The molecule has 1 heterocycles. The molecule has 0 aromatic heterocycles. The highest BCUT2D eigenvalue weighted by atomic mass is 16.3. The number of hydrogen-bond acceptors (Lipinski definition) is 3. The molecule has 3 heteroatoms. The highest BCUT2D eigenvalue weighted by Crippen LogP contribution is 2.40. The van der Waals surface area contributed by atoms with Gasteiger partial charge in [-0.1, -0.05) is 19.8 Å². The van der Waals surface area contributed by atoms with E-state index in [1.54, 1.807) is 0 Å². The van der Waals surface area contributed by atoms with Gasteiger partial charge < -0.3 is 15.3 Å². The average Bonchev–Trinajstić information content (AvgIpc) is 2.48. The Morgan fingerprint density at radius 2 is 2.05 bits per heavy atom. The third-order valence-electron chi connectivity index (χ3n) is 6.62. The van der Waals surface area contributed by atoms with E-state index >= 15 is 0 Å². The van der Waals surface area contributed by atoms with Crippen LogP contribution in [-0.2, 0) is 0 Å². The number of hydrogen-bond donors (Lipinski definition) is 2. The summed E-state index contributed by atoms with van der Waals surface area (Å²) in [5.41, 5.74) is -0.322. The molecule has 5 atom stereocenters. The summed E-state index contributed by atoms with van der Waals surface area (Å²) >= 11 is 0. The zero-order valence-electron chi connectivity index (χ0n) is 14.0. The van der Waals surface area contributed by atoms with Gasteiger partial charge in [-0.05, 0) is 57.4 Å². The van der Waals surface area contributed by atoms with Crippen molar-refractivity contribution in [3.63, 3.8) is 0 Å². The molecule has 3 rings (SSSR count). The van der Waals surface area contributed by atoms with Gasteiger partial charge in [-0.25, -0.2) is 0 Å². The van der Waals surface area contributed by atoms with Crippen molar-refractivity contribution in [2.24, 2.45) is 17.8 Å². The zero-order valence-corrected chi connectivity index (χ0v) is 14.0. The van der Waals surface area contributed by atoms with Crippen molar-refractivity contribution in [3.05, 3.63) is 0 Å². The van der Waals surface area contributed by atoms with Crippen molar-refractivity contribution in [2.75, 3.05) is 26.7 Å². The first-order chi connectivity index (χ1) is 10.1. The van der Waals surface area contributed by atoms with Crippen molar-refractivity contribution < 1.29 is 5.11 Å². The van der Waals surface area contributed by atoms with Crippen molar-refractivity contribution >= 4 is 0 Å². The predicted octanol–water partition coefficient (Wildman–Crippen LogP) is 2.64. The average molecular weight is 294 g/mol. The number of likely N-dealkylation sites (tertiary alicyclic amines) is 1. The molecule has 1 saturated heterocycles. The predicted molar refractivity (Wildman–Crippen MR) is 87.3 cm³/mol. The molecular formula is C18H34N2O. The Morgan fingerprint density at radius 3 is 2.86 bits per heavy atom. The van der Waals surface area contributed by atoms with E-state index in [4.69, 9.17) is 0 Å². The van der Waals surface area contributed by atoms with E-state index in [1.807, 2.05) is 0 Å². The van der Waals surface area contributed by atoms with E-state index in [2.05, 4.69) is 24.2 Å². The summed E-state index contributed by atoms with van der Waals surface area (Å²) < 4.78 is 0. The van der Waals surface area contributed by atoms with Crippen LogP contribution in [0.2, 0.25) is 0 Å². The number of aliphatic hydroxyl groups is 1. The van der Waals surface area contributed by atoms with Gasteiger partial charge in [0.05, 0.1) is 5.60 Å². The maximum atomic E-state index is 10.8. The normalized spacial score (nSPS) is 45.3. The minimum Gasteiger partial charge on any atom is -0.390 e. The molecule has 3 fully saturated rings. The van der Waals surface area contributed by atoms with Crippen LogP contribution in [0.15, 0.2) is 0 Å². The van der Waals surface area contributed by atoms with Crippen LogP contribution >= 0.6 is 0 Å². The summed E-state index contributed by atoms with van der Waals surface area (Å²) in [5, 5.41) is 14.4. The Hall–Kier alpha value is -0.120. The first-order valence-electron chi connectivity index (χ1n) is 9.23. The van der Waals surface area contributed by atoms with Gasteiger partial charge in [0.25, 0.3) is 0 Å². The molecule has 122 valence electrons. The van der Waals surface area contributed by atoms with Crippen LogP contribution in [0.3, 0.4) is 0 Å². The first-order valence-corrected chi connectivity index (χ1v) is 9.23. The highest BCUT2D eigenvalue weighted by molar-refractivity contribution is 4.96. The maximum Gasteiger partial charge on any atom is 0.0700 e. The summed E-state index contributed by atoms with van der Waals surface area (Å²) in [6.07, 6.45) is 9.93. The van der Waals surface area contributed by atoms with E-state index in [0.29, 0.717) is 12.0 Å². The Morgan fingerprint density at radius 1 is 1.19 bits per heavy atom. The smallest absolute Gasteiger partial charge is 0.0700 e. The molecule has 3 nitrogen and oxygen atoms in total. The molecule has 5 unspecified atom stereocenters. The first kappa shape index (κ1) is 15.8. The quantitative estimate of drug-likeness (QED) is 0.840. The Labute approximate surface area is 130 Å². The van der Waals surface area contributed by atoms with Gasteiger partial charge in [0.15, 0.2) is 0 Å². The standard InChI is InChI=1S/C18H34N2O/c1-14-6-7-17(19-2)15(11-14)12-20-10-9-18(21)8-4-3-5-16(18)13-20/h14-17,19,21H,3-13H2,1-2H3. The Kier molecular flexibility index (Phi) is 4.92. The second-order valence-electron chi connectivity index (χ2n) is 8.13. The summed E-state index contributed by atoms with van der Waals surface area (Å²) in [5.74, 6) is 2.22. The lowest BCUT2D eigenvalue weighted by Gasteiger charge is -2.49. The van der Waals surface area contributed by atoms with Crippen LogP contribution in [0, 0.1) is 17.8 Å². The summed E-state index contributed by atoms with van der Waals surface area (Å²) in [7, 11) is 2.13. The Bertz CT molecular complexity index is 348. The van der Waals surface area contributed by atoms with Crippen LogP contribution < -0.4 is 5.32 Å². The van der Waals surface area contributed by atoms with Gasteiger partial charge in [-0.3, -0.25) is 0 Å². The zero-order chi connectivity index (χ0) is 14.9. The molecule has 0 spiro atoms. The lowest BCUT2D eigenvalue weighted by molar-refractivity contribution is -0.0985. The van der Waals surface area contributed by atoms with Crippen molar-refractivity contribution in [3.8, 4) is 0 Å². The molecule has 21 heavy (non-hydrogen) atoms. The molecule has 0 aromatic carbocycles.